The Hall–Kier alpha value is -3.27. The minimum absolute atomic E-state index is 0.0235. The van der Waals surface area contributed by atoms with Gasteiger partial charge in [0.1, 0.15) is 5.75 Å². The van der Waals surface area contributed by atoms with E-state index in [1.54, 1.807) is 24.3 Å². The van der Waals surface area contributed by atoms with E-state index in [1.807, 2.05) is 0 Å². The molecule has 3 rings (SSSR count). The summed E-state index contributed by atoms with van der Waals surface area (Å²) in [5.41, 5.74) is 0.593. The molecule has 0 atom stereocenters. The zero-order chi connectivity index (χ0) is 21.0. The van der Waals surface area contributed by atoms with Crippen LogP contribution in [0.25, 0.3) is 11.5 Å². The second-order valence-electron chi connectivity index (χ2n) is 5.95. The highest BCUT2D eigenvalue weighted by Gasteiger charge is 2.17. The summed E-state index contributed by atoms with van der Waals surface area (Å²) >= 11 is 0. The lowest BCUT2D eigenvalue weighted by Crippen LogP contribution is -1.98. The maximum Gasteiger partial charge on any atom is 0.254 e. The van der Waals surface area contributed by atoms with E-state index in [4.69, 9.17) is 23.4 Å². The molecule has 0 spiro atoms. The summed E-state index contributed by atoms with van der Waals surface area (Å²) in [6.07, 6.45) is 1.14. The lowest BCUT2D eigenvalue weighted by atomic mass is 10.2. The van der Waals surface area contributed by atoms with Crippen LogP contribution < -0.4 is 18.9 Å². The summed E-state index contributed by atoms with van der Waals surface area (Å²) in [6.45, 7) is 0.0235. The summed E-state index contributed by atoms with van der Waals surface area (Å²) in [6, 6.07) is 9.46. The standard InChI is InChI=1S/C19H20N2O7S/c1-24-15-9-12(10-16(25-2)18(15)26-3)19-21-20-17(28-19)11-27-13-5-7-14(8-6-13)29(4,22)23/h5-10H,11H2,1-4H3. The molecular weight excluding hydrogens is 400 g/mol. The number of hydrogen-bond acceptors (Lipinski definition) is 9. The first-order valence-corrected chi connectivity index (χ1v) is 10.3. The van der Waals surface area contributed by atoms with Crippen LogP contribution in [-0.4, -0.2) is 46.2 Å². The third-order valence-electron chi connectivity index (χ3n) is 3.99. The molecule has 2 aromatic carbocycles. The van der Waals surface area contributed by atoms with Gasteiger partial charge in [-0.05, 0) is 36.4 Å². The van der Waals surface area contributed by atoms with E-state index in [1.165, 1.54) is 33.5 Å². The molecule has 0 amide bonds. The summed E-state index contributed by atoms with van der Waals surface area (Å²) in [5, 5.41) is 7.99. The van der Waals surface area contributed by atoms with Crippen molar-refractivity contribution in [1.29, 1.82) is 0 Å². The minimum atomic E-state index is -3.26. The van der Waals surface area contributed by atoms with Crippen LogP contribution in [0.5, 0.6) is 23.0 Å². The second-order valence-corrected chi connectivity index (χ2v) is 7.96. The Morgan fingerprint density at radius 2 is 1.55 bits per heavy atom. The van der Waals surface area contributed by atoms with Crippen molar-refractivity contribution in [2.75, 3.05) is 27.6 Å². The molecule has 0 saturated carbocycles. The van der Waals surface area contributed by atoms with Crippen LogP contribution in [0.15, 0.2) is 45.7 Å². The van der Waals surface area contributed by atoms with Crippen LogP contribution >= 0.6 is 0 Å². The van der Waals surface area contributed by atoms with Crippen molar-refractivity contribution in [2.24, 2.45) is 0 Å². The molecular formula is C19H20N2O7S. The molecule has 29 heavy (non-hydrogen) atoms. The van der Waals surface area contributed by atoms with E-state index in [-0.39, 0.29) is 23.3 Å². The number of ether oxygens (including phenoxy) is 4. The largest absolute Gasteiger partial charge is 0.493 e. The smallest absolute Gasteiger partial charge is 0.254 e. The van der Waals surface area contributed by atoms with E-state index in [2.05, 4.69) is 10.2 Å². The van der Waals surface area contributed by atoms with Gasteiger partial charge in [-0.3, -0.25) is 0 Å². The Kier molecular flexibility index (Phi) is 5.92. The number of rotatable bonds is 8. The average Bonchev–Trinajstić information content (AvgIpc) is 3.19. The van der Waals surface area contributed by atoms with Crippen LogP contribution in [-0.2, 0) is 16.4 Å². The molecule has 0 unspecified atom stereocenters. The lowest BCUT2D eigenvalue weighted by Gasteiger charge is -2.12. The molecule has 3 aromatic rings. The van der Waals surface area contributed by atoms with Crippen molar-refractivity contribution < 1.29 is 31.8 Å². The number of aromatic nitrogens is 2. The van der Waals surface area contributed by atoms with Crippen LogP contribution in [0.4, 0.5) is 0 Å². The summed E-state index contributed by atoms with van der Waals surface area (Å²) in [5.74, 6) is 2.37. The fourth-order valence-electron chi connectivity index (χ4n) is 2.56. The first kappa shape index (κ1) is 20.5. The molecule has 10 heteroatoms. The van der Waals surface area contributed by atoms with Crippen molar-refractivity contribution in [3.63, 3.8) is 0 Å². The zero-order valence-corrected chi connectivity index (χ0v) is 17.1. The van der Waals surface area contributed by atoms with Gasteiger partial charge < -0.3 is 23.4 Å². The molecule has 9 nitrogen and oxygen atoms in total. The molecule has 154 valence electrons. The maximum atomic E-state index is 11.5. The zero-order valence-electron chi connectivity index (χ0n) is 16.3. The summed E-state index contributed by atoms with van der Waals surface area (Å²) in [4.78, 5) is 0.215. The molecule has 0 aliphatic carbocycles. The number of benzene rings is 2. The molecule has 0 N–H and O–H groups in total. The number of sulfone groups is 1. The van der Waals surface area contributed by atoms with Gasteiger partial charge in [-0.25, -0.2) is 8.42 Å². The van der Waals surface area contributed by atoms with Gasteiger partial charge in [-0.2, -0.15) is 0 Å². The van der Waals surface area contributed by atoms with Crippen LogP contribution in [0.3, 0.4) is 0 Å². The molecule has 0 aliphatic rings. The fraction of sp³-hybridized carbons (Fsp3) is 0.263. The van der Waals surface area contributed by atoms with E-state index >= 15 is 0 Å². The third-order valence-corrected chi connectivity index (χ3v) is 5.12. The fourth-order valence-corrected chi connectivity index (χ4v) is 3.19. The van der Waals surface area contributed by atoms with Gasteiger partial charge in [-0.1, -0.05) is 0 Å². The Bertz CT molecular complexity index is 1070. The van der Waals surface area contributed by atoms with Gasteiger partial charge in [-0.15, -0.1) is 10.2 Å². The highest BCUT2D eigenvalue weighted by molar-refractivity contribution is 7.90. The number of hydrogen-bond donors (Lipinski definition) is 0. The Morgan fingerprint density at radius 1 is 0.931 bits per heavy atom. The Morgan fingerprint density at radius 3 is 2.07 bits per heavy atom. The van der Waals surface area contributed by atoms with E-state index in [9.17, 15) is 8.42 Å². The van der Waals surface area contributed by atoms with Gasteiger partial charge in [0.2, 0.25) is 11.6 Å². The van der Waals surface area contributed by atoms with Crippen molar-refractivity contribution in [3.8, 4) is 34.5 Å². The molecule has 1 heterocycles. The molecule has 0 fully saturated rings. The minimum Gasteiger partial charge on any atom is -0.493 e. The van der Waals surface area contributed by atoms with Gasteiger partial charge in [0, 0.05) is 11.8 Å². The van der Waals surface area contributed by atoms with E-state index < -0.39 is 9.84 Å². The highest BCUT2D eigenvalue weighted by Crippen LogP contribution is 2.40. The van der Waals surface area contributed by atoms with Crippen molar-refractivity contribution in [2.45, 2.75) is 11.5 Å². The topological polar surface area (TPSA) is 110 Å². The second kappa shape index (κ2) is 8.39. The summed E-state index contributed by atoms with van der Waals surface area (Å²) in [7, 11) is 1.30. The molecule has 1 aromatic heterocycles. The SMILES string of the molecule is COc1cc(-c2nnc(COc3ccc(S(C)(=O)=O)cc3)o2)cc(OC)c1OC. The van der Waals surface area contributed by atoms with E-state index in [0.29, 0.717) is 28.6 Å². The predicted octanol–water partition coefficient (Wildman–Crippen LogP) is 2.74. The van der Waals surface area contributed by atoms with Gasteiger partial charge in [0.05, 0.1) is 26.2 Å². The van der Waals surface area contributed by atoms with Crippen molar-refractivity contribution in [1.82, 2.24) is 10.2 Å². The normalized spacial score (nSPS) is 11.2. The molecule has 0 bridgehead atoms. The Balaban J connectivity index is 1.76. The van der Waals surface area contributed by atoms with Gasteiger partial charge in [0.15, 0.2) is 27.9 Å². The van der Waals surface area contributed by atoms with Crippen molar-refractivity contribution in [3.05, 3.63) is 42.3 Å². The molecule has 0 aliphatic heterocycles. The quantitative estimate of drug-likeness (QED) is 0.543. The average molecular weight is 420 g/mol. The van der Waals surface area contributed by atoms with Crippen LogP contribution in [0, 0.1) is 0 Å². The highest BCUT2D eigenvalue weighted by atomic mass is 32.2. The van der Waals surface area contributed by atoms with Crippen LogP contribution in [0.2, 0.25) is 0 Å². The van der Waals surface area contributed by atoms with Crippen LogP contribution in [0.1, 0.15) is 5.89 Å². The molecule has 0 saturated heterocycles. The number of methoxy groups -OCH3 is 3. The van der Waals surface area contributed by atoms with Gasteiger partial charge >= 0.3 is 0 Å². The predicted molar refractivity (Wildman–Crippen MR) is 103 cm³/mol. The monoisotopic (exact) mass is 420 g/mol. The van der Waals surface area contributed by atoms with Crippen molar-refractivity contribution >= 4 is 9.84 Å². The molecule has 0 radical (unpaired) electrons. The summed E-state index contributed by atoms with van der Waals surface area (Å²) < 4.78 is 50.2. The van der Waals surface area contributed by atoms with E-state index in [0.717, 1.165) is 6.26 Å². The maximum absolute atomic E-state index is 11.5. The van der Waals surface area contributed by atoms with Gasteiger partial charge in [0.25, 0.3) is 5.89 Å². The lowest BCUT2D eigenvalue weighted by molar-refractivity contribution is 0.264. The number of nitrogens with zero attached hydrogens (tertiary/aromatic N) is 2. The first-order valence-electron chi connectivity index (χ1n) is 8.41. The third kappa shape index (κ3) is 4.60. The Labute approximate surface area is 168 Å². The first-order chi connectivity index (χ1) is 13.9.